The van der Waals surface area contributed by atoms with E-state index in [0.717, 1.165) is 18.4 Å². The van der Waals surface area contributed by atoms with Crippen LogP contribution in [0.5, 0.6) is 0 Å². The highest BCUT2D eigenvalue weighted by atomic mass is 16.3. The second-order valence-corrected chi connectivity index (χ2v) is 7.24. The van der Waals surface area contributed by atoms with Crippen molar-refractivity contribution in [3.63, 3.8) is 0 Å². The van der Waals surface area contributed by atoms with E-state index < -0.39 is 0 Å². The lowest BCUT2D eigenvalue weighted by molar-refractivity contribution is 0.0563. The third-order valence-electron chi connectivity index (χ3n) is 5.03. The molecule has 1 aromatic rings. The van der Waals surface area contributed by atoms with Gasteiger partial charge in [-0.25, -0.2) is 0 Å². The number of aliphatic hydroxyl groups is 1. The number of benzene rings is 1. The molecule has 1 N–H and O–H groups in total. The van der Waals surface area contributed by atoms with Crippen LogP contribution in [0.1, 0.15) is 67.9 Å². The van der Waals surface area contributed by atoms with Gasteiger partial charge in [0.05, 0.1) is 6.10 Å². The standard InChI is InChI=1S/C18H28O/c1-12-10-14(3)16(11-13(12)2)17(19)15-6-8-18(4,5)9-7-15/h10-11,15,17,19H,6-9H2,1-5H3. The van der Waals surface area contributed by atoms with Crippen molar-refractivity contribution in [2.45, 2.75) is 66.4 Å². The van der Waals surface area contributed by atoms with E-state index in [9.17, 15) is 5.11 Å². The maximum Gasteiger partial charge on any atom is 0.0820 e. The average Bonchev–Trinajstić information content (AvgIpc) is 2.33. The van der Waals surface area contributed by atoms with Crippen LogP contribution in [-0.4, -0.2) is 5.11 Å². The number of aryl methyl sites for hydroxylation is 3. The number of aliphatic hydroxyl groups excluding tert-OH is 1. The molecule has 1 aliphatic carbocycles. The lowest BCUT2D eigenvalue weighted by Gasteiger charge is -2.36. The third-order valence-corrected chi connectivity index (χ3v) is 5.03. The zero-order valence-electron chi connectivity index (χ0n) is 13.1. The highest BCUT2D eigenvalue weighted by Crippen LogP contribution is 2.43. The summed E-state index contributed by atoms with van der Waals surface area (Å²) < 4.78 is 0. The summed E-state index contributed by atoms with van der Waals surface area (Å²) in [6, 6.07) is 4.40. The van der Waals surface area contributed by atoms with Crippen molar-refractivity contribution in [3.8, 4) is 0 Å². The molecular formula is C18H28O. The number of hydrogen-bond acceptors (Lipinski definition) is 1. The average molecular weight is 260 g/mol. The first-order chi connectivity index (χ1) is 8.80. The predicted molar refractivity (Wildman–Crippen MR) is 81.4 cm³/mol. The summed E-state index contributed by atoms with van der Waals surface area (Å²) in [4.78, 5) is 0. The minimum atomic E-state index is -0.282. The molecule has 1 aromatic carbocycles. The molecule has 0 aromatic heterocycles. The maximum atomic E-state index is 10.7. The molecule has 1 atom stereocenters. The minimum absolute atomic E-state index is 0.282. The Hall–Kier alpha value is -0.820. The monoisotopic (exact) mass is 260 g/mol. The molecular weight excluding hydrogens is 232 g/mol. The van der Waals surface area contributed by atoms with Crippen molar-refractivity contribution in [3.05, 3.63) is 34.4 Å². The van der Waals surface area contributed by atoms with Crippen molar-refractivity contribution in [1.29, 1.82) is 0 Å². The van der Waals surface area contributed by atoms with Gasteiger partial charge in [-0.2, -0.15) is 0 Å². The van der Waals surface area contributed by atoms with Crippen molar-refractivity contribution in [1.82, 2.24) is 0 Å². The Labute approximate surface area is 118 Å². The van der Waals surface area contributed by atoms with Crippen LogP contribution in [0, 0.1) is 32.1 Å². The SMILES string of the molecule is Cc1cc(C)c(C(O)C2CCC(C)(C)CC2)cc1C. The van der Waals surface area contributed by atoms with E-state index in [1.807, 2.05) is 0 Å². The molecule has 106 valence electrons. The van der Waals surface area contributed by atoms with Crippen LogP contribution in [0.2, 0.25) is 0 Å². The van der Waals surface area contributed by atoms with E-state index in [0.29, 0.717) is 11.3 Å². The molecule has 0 heterocycles. The van der Waals surface area contributed by atoms with Gasteiger partial charge in [0.25, 0.3) is 0 Å². The van der Waals surface area contributed by atoms with Crippen LogP contribution >= 0.6 is 0 Å². The highest BCUT2D eigenvalue weighted by molar-refractivity contribution is 5.37. The van der Waals surface area contributed by atoms with Crippen molar-refractivity contribution in [2.24, 2.45) is 11.3 Å². The number of rotatable bonds is 2. The van der Waals surface area contributed by atoms with Gasteiger partial charge in [-0.15, -0.1) is 0 Å². The molecule has 1 unspecified atom stereocenters. The summed E-state index contributed by atoms with van der Waals surface area (Å²) in [5.41, 5.74) is 5.45. The zero-order valence-corrected chi connectivity index (χ0v) is 13.1. The Morgan fingerprint density at radius 3 is 2.11 bits per heavy atom. The summed E-state index contributed by atoms with van der Waals surface area (Å²) >= 11 is 0. The molecule has 0 amide bonds. The van der Waals surface area contributed by atoms with Gasteiger partial charge in [-0.05, 0) is 80.0 Å². The van der Waals surface area contributed by atoms with Crippen LogP contribution in [0.25, 0.3) is 0 Å². The Bertz CT molecular complexity index is 449. The Morgan fingerprint density at radius 2 is 1.53 bits per heavy atom. The molecule has 1 nitrogen and oxygen atoms in total. The summed E-state index contributed by atoms with van der Waals surface area (Å²) in [5.74, 6) is 0.439. The lowest BCUT2D eigenvalue weighted by atomic mass is 9.70. The van der Waals surface area contributed by atoms with Crippen molar-refractivity contribution >= 4 is 0 Å². The second kappa shape index (κ2) is 5.28. The molecule has 1 saturated carbocycles. The quantitative estimate of drug-likeness (QED) is 0.805. The van der Waals surface area contributed by atoms with E-state index >= 15 is 0 Å². The molecule has 0 saturated heterocycles. The second-order valence-electron chi connectivity index (χ2n) is 7.24. The van der Waals surface area contributed by atoms with Crippen LogP contribution in [0.3, 0.4) is 0 Å². The van der Waals surface area contributed by atoms with Crippen molar-refractivity contribution in [2.75, 3.05) is 0 Å². The summed E-state index contributed by atoms with van der Waals surface area (Å²) in [6.07, 6.45) is 4.49. The van der Waals surface area contributed by atoms with Gasteiger partial charge in [0.15, 0.2) is 0 Å². The Kier molecular flexibility index (Phi) is 4.06. The predicted octanol–water partition coefficient (Wildman–Crippen LogP) is 4.86. The topological polar surface area (TPSA) is 20.2 Å². The number of hydrogen-bond donors (Lipinski definition) is 1. The molecule has 1 heteroatoms. The fourth-order valence-corrected chi connectivity index (χ4v) is 3.29. The molecule has 1 fully saturated rings. The van der Waals surface area contributed by atoms with Crippen LogP contribution in [-0.2, 0) is 0 Å². The molecule has 0 aliphatic heterocycles. The highest BCUT2D eigenvalue weighted by Gasteiger charge is 2.31. The summed E-state index contributed by atoms with van der Waals surface area (Å²) in [6.45, 7) is 11.1. The summed E-state index contributed by atoms with van der Waals surface area (Å²) in [7, 11) is 0. The largest absolute Gasteiger partial charge is 0.388 e. The van der Waals surface area contributed by atoms with E-state index in [1.165, 1.54) is 29.5 Å². The zero-order chi connectivity index (χ0) is 14.2. The first kappa shape index (κ1) is 14.6. The first-order valence-electron chi connectivity index (χ1n) is 7.56. The van der Waals surface area contributed by atoms with Gasteiger partial charge in [0.2, 0.25) is 0 Å². The van der Waals surface area contributed by atoms with Gasteiger partial charge in [-0.3, -0.25) is 0 Å². The van der Waals surface area contributed by atoms with Crippen molar-refractivity contribution < 1.29 is 5.11 Å². The van der Waals surface area contributed by atoms with E-state index in [-0.39, 0.29) is 6.10 Å². The van der Waals surface area contributed by atoms with Gasteiger partial charge in [0.1, 0.15) is 0 Å². The minimum Gasteiger partial charge on any atom is -0.388 e. The maximum absolute atomic E-state index is 10.7. The van der Waals surface area contributed by atoms with Gasteiger partial charge in [-0.1, -0.05) is 26.0 Å². The normalized spacial score (nSPS) is 21.4. The van der Waals surface area contributed by atoms with Crippen LogP contribution in [0.4, 0.5) is 0 Å². The van der Waals surface area contributed by atoms with Gasteiger partial charge < -0.3 is 5.11 Å². The fraction of sp³-hybridized carbons (Fsp3) is 0.667. The molecule has 1 aliphatic rings. The van der Waals surface area contributed by atoms with Crippen LogP contribution in [0.15, 0.2) is 12.1 Å². The fourth-order valence-electron chi connectivity index (χ4n) is 3.29. The van der Waals surface area contributed by atoms with Gasteiger partial charge >= 0.3 is 0 Å². The Balaban J connectivity index is 2.16. The third kappa shape index (κ3) is 3.20. The van der Waals surface area contributed by atoms with E-state index in [1.54, 1.807) is 0 Å². The molecule has 19 heavy (non-hydrogen) atoms. The Morgan fingerprint density at radius 1 is 1.00 bits per heavy atom. The summed E-state index contributed by atoms with van der Waals surface area (Å²) in [5, 5.41) is 10.7. The van der Waals surface area contributed by atoms with E-state index in [4.69, 9.17) is 0 Å². The smallest absolute Gasteiger partial charge is 0.0820 e. The molecule has 0 bridgehead atoms. The van der Waals surface area contributed by atoms with Gasteiger partial charge in [0, 0.05) is 0 Å². The molecule has 0 spiro atoms. The molecule has 0 radical (unpaired) electrons. The van der Waals surface area contributed by atoms with Crippen LogP contribution < -0.4 is 0 Å². The lowest BCUT2D eigenvalue weighted by Crippen LogP contribution is -2.25. The first-order valence-corrected chi connectivity index (χ1v) is 7.56. The van der Waals surface area contributed by atoms with E-state index in [2.05, 4.69) is 46.8 Å². The molecule has 2 rings (SSSR count).